The van der Waals surface area contributed by atoms with Crippen LogP contribution in [0.25, 0.3) is 0 Å². The molecule has 0 fully saturated rings. The van der Waals surface area contributed by atoms with Crippen LogP contribution in [0.4, 0.5) is 4.39 Å². The Hall–Kier alpha value is -1.42. The van der Waals surface area contributed by atoms with E-state index in [1.807, 2.05) is 0 Å². The molecule has 0 aliphatic carbocycles. The summed E-state index contributed by atoms with van der Waals surface area (Å²) in [6.45, 7) is 3.87. The van der Waals surface area contributed by atoms with Gasteiger partial charge in [-0.2, -0.15) is 0 Å². The highest BCUT2D eigenvalue weighted by Crippen LogP contribution is 2.21. The lowest BCUT2D eigenvalue weighted by molar-refractivity contribution is 0.0517. The van der Waals surface area contributed by atoms with Crippen LogP contribution in [0.2, 0.25) is 0 Å². The molecule has 0 heterocycles. The van der Waals surface area contributed by atoms with E-state index in [1.54, 1.807) is 13.8 Å². The SMILES string of the molecule is CCOC(C)C(=O)c1cc(F)ccc1OC. The van der Waals surface area contributed by atoms with Crippen molar-refractivity contribution < 1.29 is 18.7 Å². The van der Waals surface area contributed by atoms with Crippen LogP contribution in [0.5, 0.6) is 5.75 Å². The number of carbonyl (C=O) groups is 1. The number of carbonyl (C=O) groups excluding carboxylic acids is 1. The summed E-state index contributed by atoms with van der Waals surface area (Å²) in [5, 5.41) is 0. The largest absolute Gasteiger partial charge is 0.496 e. The minimum atomic E-state index is -0.597. The normalized spacial score (nSPS) is 12.2. The molecule has 88 valence electrons. The number of ketones is 1. The third-order valence-corrected chi connectivity index (χ3v) is 2.21. The smallest absolute Gasteiger partial charge is 0.195 e. The summed E-state index contributed by atoms with van der Waals surface area (Å²) in [6.07, 6.45) is -0.597. The maximum absolute atomic E-state index is 13.0. The summed E-state index contributed by atoms with van der Waals surface area (Å²) < 4.78 is 23.2. The zero-order valence-corrected chi connectivity index (χ0v) is 9.62. The van der Waals surface area contributed by atoms with Crippen LogP contribution in [-0.2, 0) is 4.74 Å². The molecule has 0 bridgehead atoms. The molecule has 0 N–H and O–H groups in total. The average Bonchev–Trinajstić information content (AvgIpc) is 2.28. The van der Waals surface area contributed by atoms with Crippen molar-refractivity contribution in [3.05, 3.63) is 29.6 Å². The maximum atomic E-state index is 13.0. The highest BCUT2D eigenvalue weighted by atomic mass is 19.1. The second kappa shape index (κ2) is 5.61. The fourth-order valence-corrected chi connectivity index (χ4v) is 1.42. The predicted octanol–water partition coefficient (Wildman–Crippen LogP) is 2.44. The van der Waals surface area contributed by atoms with E-state index in [9.17, 15) is 9.18 Å². The molecule has 0 radical (unpaired) electrons. The molecule has 1 aromatic carbocycles. The lowest BCUT2D eigenvalue weighted by Gasteiger charge is -2.13. The highest BCUT2D eigenvalue weighted by Gasteiger charge is 2.19. The van der Waals surface area contributed by atoms with Crippen molar-refractivity contribution in [2.75, 3.05) is 13.7 Å². The predicted molar refractivity (Wildman–Crippen MR) is 58.4 cm³/mol. The van der Waals surface area contributed by atoms with Crippen LogP contribution in [0.1, 0.15) is 24.2 Å². The van der Waals surface area contributed by atoms with Gasteiger partial charge in [0.25, 0.3) is 0 Å². The molecule has 1 aromatic rings. The zero-order chi connectivity index (χ0) is 12.1. The summed E-state index contributed by atoms with van der Waals surface area (Å²) in [7, 11) is 1.44. The number of hydrogen-bond donors (Lipinski definition) is 0. The van der Waals surface area contributed by atoms with Crippen LogP contribution in [0.3, 0.4) is 0 Å². The molecule has 0 saturated carbocycles. The van der Waals surface area contributed by atoms with Crippen LogP contribution >= 0.6 is 0 Å². The van der Waals surface area contributed by atoms with Gasteiger partial charge in [0.2, 0.25) is 0 Å². The van der Waals surface area contributed by atoms with Crippen molar-refractivity contribution in [3.63, 3.8) is 0 Å². The molecule has 1 unspecified atom stereocenters. The minimum Gasteiger partial charge on any atom is -0.496 e. The molecule has 16 heavy (non-hydrogen) atoms. The molecule has 1 atom stereocenters. The minimum absolute atomic E-state index is 0.212. The Labute approximate surface area is 94.2 Å². The highest BCUT2D eigenvalue weighted by molar-refractivity contribution is 6.01. The van der Waals surface area contributed by atoms with Gasteiger partial charge >= 0.3 is 0 Å². The molecule has 0 aliphatic heterocycles. The Morgan fingerprint density at radius 1 is 1.50 bits per heavy atom. The number of benzene rings is 1. The number of ether oxygens (including phenoxy) is 2. The second-order valence-corrected chi connectivity index (χ2v) is 3.31. The first-order valence-electron chi connectivity index (χ1n) is 5.09. The van der Waals surface area contributed by atoms with E-state index < -0.39 is 11.9 Å². The third kappa shape index (κ3) is 2.79. The van der Waals surface area contributed by atoms with Crippen molar-refractivity contribution in [2.24, 2.45) is 0 Å². The fourth-order valence-electron chi connectivity index (χ4n) is 1.42. The van der Waals surface area contributed by atoms with Crippen molar-refractivity contribution in [1.82, 2.24) is 0 Å². The third-order valence-electron chi connectivity index (χ3n) is 2.21. The van der Waals surface area contributed by atoms with Crippen LogP contribution in [-0.4, -0.2) is 25.6 Å². The van der Waals surface area contributed by atoms with Crippen LogP contribution in [0, 0.1) is 5.82 Å². The molecule has 0 aliphatic rings. The van der Waals surface area contributed by atoms with Gasteiger partial charge < -0.3 is 9.47 Å². The number of hydrogen-bond acceptors (Lipinski definition) is 3. The second-order valence-electron chi connectivity index (χ2n) is 3.31. The Bertz CT molecular complexity index is 377. The van der Waals surface area contributed by atoms with E-state index in [2.05, 4.69) is 0 Å². The number of Topliss-reactive ketones (excluding diaryl/α,β-unsaturated/α-hetero) is 1. The Morgan fingerprint density at radius 3 is 2.75 bits per heavy atom. The molecule has 4 heteroatoms. The average molecular weight is 226 g/mol. The number of rotatable bonds is 5. The Balaban J connectivity index is 3.01. The van der Waals surface area contributed by atoms with Crippen molar-refractivity contribution in [3.8, 4) is 5.75 Å². The Kier molecular flexibility index (Phi) is 4.43. The van der Waals surface area contributed by atoms with Gasteiger partial charge in [0, 0.05) is 6.61 Å². The van der Waals surface area contributed by atoms with E-state index in [0.29, 0.717) is 12.4 Å². The molecular formula is C12H15FO3. The van der Waals surface area contributed by atoms with Gasteiger partial charge in [-0.05, 0) is 32.0 Å². The molecule has 0 spiro atoms. The van der Waals surface area contributed by atoms with Crippen molar-refractivity contribution in [1.29, 1.82) is 0 Å². The summed E-state index contributed by atoms with van der Waals surface area (Å²) >= 11 is 0. The summed E-state index contributed by atoms with van der Waals surface area (Å²) in [4.78, 5) is 11.9. The topological polar surface area (TPSA) is 35.5 Å². The molecule has 3 nitrogen and oxygen atoms in total. The van der Waals surface area contributed by atoms with Crippen molar-refractivity contribution in [2.45, 2.75) is 20.0 Å². The standard InChI is InChI=1S/C12H15FO3/c1-4-16-8(2)12(14)10-7-9(13)5-6-11(10)15-3/h5-8H,4H2,1-3H3. The van der Waals surface area contributed by atoms with Gasteiger partial charge in [-0.1, -0.05) is 0 Å². The van der Waals surface area contributed by atoms with Crippen LogP contribution < -0.4 is 4.74 Å². The van der Waals surface area contributed by atoms with Gasteiger partial charge in [0.1, 0.15) is 17.7 Å². The van der Waals surface area contributed by atoms with Gasteiger partial charge in [0.15, 0.2) is 5.78 Å². The Morgan fingerprint density at radius 2 is 2.19 bits per heavy atom. The zero-order valence-electron chi connectivity index (χ0n) is 9.62. The van der Waals surface area contributed by atoms with E-state index in [0.717, 1.165) is 6.07 Å². The monoisotopic (exact) mass is 226 g/mol. The quantitative estimate of drug-likeness (QED) is 0.723. The van der Waals surface area contributed by atoms with E-state index in [-0.39, 0.29) is 11.3 Å². The molecule has 0 saturated heterocycles. The van der Waals surface area contributed by atoms with E-state index >= 15 is 0 Å². The van der Waals surface area contributed by atoms with E-state index in [1.165, 1.54) is 19.2 Å². The van der Waals surface area contributed by atoms with Gasteiger partial charge in [0.05, 0.1) is 12.7 Å². The molecule has 0 aromatic heterocycles. The van der Waals surface area contributed by atoms with Crippen LogP contribution in [0.15, 0.2) is 18.2 Å². The number of halogens is 1. The summed E-state index contributed by atoms with van der Waals surface area (Å²) in [5.74, 6) is -0.385. The van der Waals surface area contributed by atoms with E-state index in [4.69, 9.17) is 9.47 Å². The molecule has 0 amide bonds. The summed E-state index contributed by atoms with van der Waals surface area (Å²) in [5.41, 5.74) is 0.212. The van der Waals surface area contributed by atoms with Gasteiger partial charge in [-0.25, -0.2) is 4.39 Å². The first-order valence-corrected chi connectivity index (χ1v) is 5.09. The van der Waals surface area contributed by atoms with Crippen molar-refractivity contribution >= 4 is 5.78 Å². The van der Waals surface area contributed by atoms with Gasteiger partial charge in [-0.15, -0.1) is 0 Å². The van der Waals surface area contributed by atoms with Gasteiger partial charge in [-0.3, -0.25) is 4.79 Å². The first-order chi connectivity index (χ1) is 7.60. The summed E-state index contributed by atoms with van der Waals surface area (Å²) in [6, 6.07) is 3.85. The maximum Gasteiger partial charge on any atom is 0.195 e. The number of methoxy groups -OCH3 is 1. The first kappa shape index (κ1) is 12.6. The fraction of sp³-hybridized carbons (Fsp3) is 0.417. The molecule has 1 rings (SSSR count). The lowest BCUT2D eigenvalue weighted by atomic mass is 10.1. The lowest BCUT2D eigenvalue weighted by Crippen LogP contribution is -2.21. The molecular weight excluding hydrogens is 211 g/mol.